The van der Waals surface area contributed by atoms with Gasteiger partial charge in [-0.3, -0.25) is 4.90 Å². The lowest BCUT2D eigenvalue weighted by molar-refractivity contribution is 0.0172. The molecule has 1 aromatic rings. The van der Waals surface area contributed by atoms with Crippen molar-refractivity contribution >= 4 is 10.0 Å². The van der Waals surface area contributed by atoms with Crippen LogP contribution >= 0.6 is 0 Å². The van der Waals surface area contributed by atoms with Crippen LogP contribution in [0.15, 0.2) is 18.2 Å². The molecular weight excluding hydrogens is 308 g/mol. The van der Waals surface area contributed by atoms with E-state index in [-0.39, 0.29) is 12.8 Å². The first kappa shape index (κ1) is 15.5. The van der Waals surface area contributed by atoms with Gasteiger partial charge in [-0.05, 0) is 17.7 Å². The van der Waals surface area contributed by atoms with Crippen molar-refractivity contribution in [2.24, 2.45) is 0 Å². The first-order valence-corrected chi connectivity index (χ1v) is 9.08. The monoisotopic (exact) mass is 328 g/mol. The van der Waals surface area contributed by atoms with Crippen molar-refractivity contribution in [3.8, 4) is 11.5 Å². The maximum absolute atomic E-state index is 11.4. The number of nitrogens with zero attached hydrogens (tertiary/aromatic N) is 1. The number of benzene rings is 1. The maximum atomic E-state index is 11.4. The average molecular weight is 328 g/mol. The largest absolute Gasteiger partial charge is 0.454 e. The van der Waals surface area contributed by atoms with Crippen molar-refractivity contribution in [1.29, 1.82) is 0 Å². The Kier molecular flexibility index (Phi) is 4.53. The second-order valence-corrected chi connectivity index (χ2v) is 7.23. The molecule has 7 nitrogen and oxygen atoms in total. The summed E-state index contributed by atoms with van der Waals surface area (Å²) in [5.41, 5.74) is 1.00. The van der Waals surface area contributed by atoms with E-state index < -0.39 is 10.0 Å². The molecular formula is C14H20N2O5S. The Bertz CT molecular complexity index is 628. The molecule has 0 saturated carbocycles. The van der Waals surface area contributed by atoms with Crippen molar-refractivity contribution < 1.29 is 22.6 Å². The highest BCUT2D eigenvalue weighted by Crippen LogP contribution is 2.35. The van der Waals surface area contributed by atoms with Crippen LogP contribution in [0.2, 0.25) is 0 Å². The minimum Gasteiger partial charge on any atom is -0.454 e. The van der Waals surface area contributed by atoms with Crippen LogP contribution in [-0.2, 0) is 14.8 Å². The summed E-state index contributed by atoms with van der Waals surface area (Å²) in [5.74, 6) is 1.43. The molecule has 1 atom stereocenters. The van der Waals surface area contributed by atoms with Gasteiger partial charge in [-0.1, -0.05) is 6.07 Å². The standard InChI is InChI=1S/C14H20N2O5S/c1-22(17,18)15-9-12(16-4-6-19-7-5-16)11-2-3-13-14(8-11)21-10-20-13/h2-3,8,12,15H,4-7,9-10H2,1H3. The van der Waals surface area contributed by atoms with Crippen molar-refractivity contribution in [2.45, 2.75) is 6.04 Å². The van der Waals surface area contributed by atoms with Crippen LogP contribution in [0.5, 0.6) is 11.5 Å². The molecule has 1 N–H and O–H groups in total. The lowest BCUT2D eigenvalue weighted by Crippen LogP contribution is -2.43. The molecule has 0 amide bonds. The molecule has 0 bridgehead atoms. The van der Waals surface area contributed by atoms with E-state index in [2.05, 4.69) is 9.62 Å². The summed E-state index contributed by atoms with van der Waals surface area (Å²) in [6.45, 7) is 3.38. The maximum Gasteiger partial charge on any atom is 0.231 e. The minimum absolute atomic E-state index is 0.0619. The van der Waals surface area contributed by atoms with Crippen molar-refractivity contribution in [2.75, 3.05) is 45.9 Å². The Labute approximate surface area is 130 Å². The molecule has 1 aromatic carbocycles. The normalized spacial score (nSPS) is 20.0. The first-order valence-electron chi connectivity index (χ1n) is 7.19. The Balaban J connectivity index is 1.83. The van der Waals surface area contributed by atoms with E-state index in [1.807, 2.05) is 18.2 Å². The third kappa shape index (κ3) is 3.70. The highest BCUT2D eigenvalue weighted by atomic mass is 32.2. The van der Waals surface area contributed by atoms with Gasteiger partial charge in [0.1, 0.15) is 0 Å². The van der Waals surface area contributed by atoms with E-state index >= 15 is 0 Å². The van der Waals surface area contributed by atoms with E-state index in [9.17, 15) is 8.42 Å². The third-order valence-corrected chi connectivity index (χ3v) is 4.50. The summed E-state index contributed by atoms with van der Waals surface area (Å²) in [7, 11) is -3.24. The van der Waals surface area contributed by atoms with Crippen LogP contribution in [0.4, 0.5) is 0 Å². The Morgan fingerprint density at radius 3 is 2.68 bits per heavy atom. The summed E-state index contributed by atoms with van der Waals surface area (Å²) in [6, 6.07) is 5.68. The zero-order valence-electron chi connectivity index (χ0n) is 12.4. The van der Waals surface area contributed by atoms with Crippen molar-refractivity contribution in [3.05, 3.63) is 23.8 Å². The van der Waals surface area contributed by atoms with Crippen LogP contribution in [0, 0.1) is 0 Å². The summed E-state index contributed by atoms with van der Waals surface area (Å²) < 4.78 is 41.6. The zero-order valence-corrected chi connectivity index (χ0v) is 13.3. The number of hydrogen-bond donors (Lipinski definition) is 1. The van der Waals surface area contributed by atoms with Gasteiger partial charge in [-0.2, -0.15) is 0 Å². The summed E-state index contributed by atoms with van der Waals surface area (Å²) in [6.07, 6.45) is 1.17. The van der Waals surface area contributed by atoms with Gasteiger partial charge >= 0.3 is 0 Å². The van der Waals surface area contributed by atoms with Crippen molar-refractivity contribution in [1.82, 2.24) is 9.62 Å². The number of ether oxygens (including phenoxy) is 3. The molecule has 1 fully saturated rings. The number of nitrogens with one attached hydrogen (secondary N) is 1. The third-order valence-electron chi connectivity index (χ3n) is 3.81. The van der Waals surface area contributed by atoms with E-state index in [0.29, 0.717) is 25.5 Å². The molecule has 0 aromatic heterocycles. The van der Waals surface area contributed by atoms with E-state index in [4.69, 9.17) is 14.2 Å². The van der Waals surface area contributed by atoms with Crippen molar-refractivity contribution in [3.63, 3.8) is 0 Å². The second kappa shape index (κ2) is 6.41. The van der Waals surface area contributed by atoms with Gasteiger partial charge in [0.05, 0.1) is 19.5 Å². The summed E-state index contributed by atoms with van der Waals surface area (Å²) in [5, 5.41) is 0. The molecule has 8 heteroatoms. The van der Waals surface area contributed by atoms with Gasteiger partial charge in [-0.25, -0.2) is 13.1 Å². The fourth-order valence-corrected chi connectivity index (χ4v) is 3.16. The van der Waals surface area contributed by atoms with E-state index in [1.165, 1.54) is 6.26 Å². The first-order chi connectivity index (χ1) is 10.5. The Morgan fingerprint density at radius 1 is 1.23 bits per heavy atom. The Morgan fingerprint density at radius 2 is 1.95 bits per heavy atom. The fourth-order valence-electron chi connectivity index (χ4n) is 2.70. The van der Waals surface area contributed by atoms with Gasteiger partial charge in [-0.15, -0.1) is 0 Å². The molecule has 0 spiro atoms. The number of fused-ring (bicyclic) bond motifs is 1. The molecule has 3 rings (SSSR count). The molecule has 1 unspecified atom stereocenters. The predicted octanol–water partition coefficient (Wildman–Crippen LogP) is 0.338. The molecule has 22 heavy (non-hydrogen) atoms. The van der Waals surface area contributed by atoms with Gasteiger partial charge in [0.15, 0.2) is 11.5 Å². The predicted molar refractivity (Wildman–Crippen MR) is 80.5 cm³/mol. The molecule has 0 radical (unpaired) electrons. The molecule has 122 valence electrons. The molecule has 0 aliphatic carbocycles. The van der Waals surface area contributed by atoms with Gasteiger partial charge in [0, 0.05) is 25.7 Å². The summed E-state index contributed by atoms with van der Waals surface area (Å²) >= 11 is 0. The lowest BCUT2D eigenvalue weighted by atomic mass is 10.0. The smallest absolute Gasteiger partial charge is 0.231 e. The van der Waals surface area contributed by atoms with Crippen LogP contribution in [0.1, 0.15) is 11.6 Å². The van der Waals surface area contributed by atoms with Crippen LogP contribution < -0.4 is 14.2 Å². The van der Waals surface area contributed by atoms with Gasteiger partial charge < -0.3 is 14.2 Å². The van der Waals surface area contributed by atoms with Gasteiger partial charge in [0.25, 0.3) is 0 Å². The molecule has 1 saturated heterocycles. The number of hydrogen-bond acceptors (Lipinski definition) is 6. The number of sulfonamides is 1. The molecule has 2 aliphatic heterocycles. The highest BCUT2D eigenvalue weighted by Gasteiger charge is 2.25. The summed E-state index contributed by atoms with van der Waals surface area (Å²) in [4.78, 5) is 2.22. The number of morpholine rings is 1. The minimum atomic E-state index is -3.24. The van der Waals surface area contributed by atoms with E-state index in [0.717, 1.165) is 24.4 Å². The number of rotatable bonds is 5. The molecule has 2 heterocycles. The fraction of sp³-hybridized carbons (Fsp3) is 0.571. The van der Waals surface area contributed by atoms with E-state index in [1.54, 1.807) is 0 Å². The quantitative estimate of drug-likeness (QED) is 0.840. The van der Waals surface area contributed by atoms with Gasteiger partial charge in [0.2, 0.25) is 16.8 Å². The average Bonchev–Trinajstić information content (AvgIpc) is 2.95. The van der Waals surface area contributed by atoms with Crippen LogP contribution in [-0.4, -0.2) is 59.2 Å². The Hall–Kier alpha value is -1.35. The molecule has 2 aliphatic rings. The second-order valence-electron chi connectivity index (χ2n) is 5.40. The SMILES string of the molecule is CS(=O)(=O)NCC(c1ccc2c(c1)OCO2)N1CCOCC1. The lowest BCUT2D eigenvalue weighted by Gasteiger charge is -2.34. The van der Waals surface area contributed by atoms with Crippen LogP contribution in [0.25, 0.3) is 0 Å². The highest BCUT2D eigenvalue weighted by molar-refractivity contribution is 7.88. The topological polar surface area (TPSA) is 77.1 Å². The van der Waals surface area contributed by atoms with Crippen LogP contribution in [0.3, 0.4) is 0 Å². The zero-order chi connectivity index (χ0) is 15.6.